The van der Waals surface area contributed by atoms with E-state index in [4.69, 9.17) is 26.5 Å². The van der Waals surface area contributed by atoms with Gasteiger partial charge in [-0.2, -0.15) is 10.5 Å². The van der Waals surface area contributed by atoms with Gasteiger partial charge in [0.15, 0.2) is 0 Å². The molecule has 0 radical (unpaired) electrons. The standard InChI is InChI=1S/C15H7ClN2O3/c16-13-3-1-10(6-12(13)15(19)20)14-4-2-11(21-14)5-9(7-17)8-18/h1-6H,(H,19,20)/p-1. The third kappa shape index (κ3) is 3.11. The maximum Gasteiger partial charge on any atom is 0.134 e. The van der Waals surface area contributed by atoms with E-state index >= 15 is 0 Å². The van der Waals surface area contributed by atoms with Crippen molar-refractivity contribution in [3.8, 4) is 23.5 Å². The molecule has 102 valence electrons. The zero-order chi connectivity index (χ0) is 15.4. The topological polar surface area (TPSA) is 101 Å². The van der Waals surface area contributed by atoms with E-state index < -0.39 is 5.97 Å². The van der Waals surface area contributed by atoms with Crippen LogP contribution >= 0.6 is 11.6 Å². The van der Waals surface area contributed by atoms with Gasteiger partial charge in [-0.15, -0.1) is 0 Å². The maximum atomic E-state index is 10.9. The first-order valence-electron chi connectivity index (χ1n) is 5.68. The van der Waals surface area contributed by atoms with Crippen molar-refractivity contribution in [3.63, 3.8) is 0 Å². The Kier molecular flexibility index (Phi) is 4.08. The molecule has 0 fully saturated rings. The van der Waals surface area contributed by atoms with E-state index in [-0.39, 0.29) is 16.2 Å². The molecule has 0 amide bonds. The summed E-state index contributed by atoms with van der Waals surface area (Å²) >= 11 is 5.76. The number of allylic oxidation sites excluding steroid dienone is 1. The summed E-state index contributed by atoms with van der Waals surface area (Å²) < 4.78 is 5.44. The van der Waals surface area contributed by atoms with Crippen molar-refractivity contribution in [1.82, 2.24) is 0 Å². The highest BCUT2D eigenvalue weighted by Gasteiger charge is 2.08. The van der Waals surface area contributed by atoms with Crippen LogP contribution in [0.3, 0.4) is 0 Å². The molecule has 0 saturated heterocycles. The summed E-state index contributed by atoms with van der Waals surface area (Å²) in [6, 6.07) is 11.0. The quantitative estimate of drug-likeness (QED) is 0.810. The van der Waals surface area contributed by atoms with Gasteiger partial charge in [0, 0.05) is 22.2 Å². The van der Waals surface area contributed by atoms with Crippen molar-refractivity contribution < 1.29 is 14.3 Å². The van der Waals surface area contributed by atoms with Crippen LogP contribution in [0.5, 0.6) is 0 Å². The molecule has 0 atom stereocenters. The highest BCUT2D eigenvalue weighted by atomic mass is 35.5. The smallest absolute Gasteiger partial charge is 0.134 e. The largest absolute Gasteiger partial charge is 0.545 e. The number of nitriles is 2. The van der Waals surface area contributed by atoms with Crippen LogP contribution in [-0.2, 0) is 0 Å². The molecule has 0 N–H and O–H groups in total. The fourth-order valence-electron chi connectivity index (χ4n) is 1.65. The van der Waals surface area contributed by atoms with Crippen LogP contribution < -0.4 is 5.11 Å². The van der Waals surface area contributed by atoms with Gasteiger partial charge in [-0.1, -0.05) is 11.6 Å². The number of carbonyl (C=O) groups is 1. The zero-order valence-electron chi connectivity index (χ0n) is 10.5. The second-order valence-electron chi connectivity index (χ2n) is 3.97. The lowest BCUT2D eigenvalue weighted by Crippen LogP contribution is -2.22. The van der Waals surface area contributed by atoms with Gasteiger partial charge >= 0.3 is 0 Å². The number of furan rings is 1. The minimum Gasteiger partial charge on any atom is -0.545 e. The van der Waals surface area contributed by atoms with E-state index in [9.17, 15) is 9.90 Å². The number of benzene rings is 1. The Morgan fingerprint density at radius 1 is 1.24 bits per heavy atom. The van der Waals surface area contributed by atoms with Gasteiger partial charge in [-0.25, -0.2) is 0 Å². The molecule has 1 aromatic heterocycles. The first kappa shape index (κ1) is 14.4. The summed E-state index contributed by atoms with van der Waals surface area (Å²) in [7, 11) is 0. The molecule has 1 heterocycles. The fourth-order valence-corrected chi connectivity index (χ4v) is 1.85. The molecule has 0 aliphatic carbocycles. The van der Waals surface area contributed by atoms with Gasteiger partial charge in [0.2, 0.25) is 0 Å². The van der Waals surface area contributed by atoms with Crippen molar-refractivity contribution in [2.75, 3.05) is 0 Å². The molecular weight excluding hydrogens is 292 g/mol. The maximum absolute atomic E-state index is 10.9. The number of hydrogen-bond donors (Lipinski definition) is 0. The Morgan fingerprint density at radius 2 is 1.95 bits per heavy atom. The van der Waals surface area contributed by atoms with E-state index in [0.29, 0.717) is 17.1 Å². The van der Waals surface area contributed by atoms with Crippen LogP contribution in [0.4, 0.5) is 0 Å². The molecule has 2 rings (SSSR count). The Balaban J connectivity index is 2.42. The van der Waals surface area contributed by atoms with Crippen LogP contribution in [0, 0.1) is 22.7 Å². The van der Waals surface area contributed by atoms with Gasteiger partial charge < -0.3 is 14.3 Å². The summed E-state index contributed by atoms with van der Waals surface area (Å²) in [5, 5.41) is 28.3. The van der Waals surface area contributed by atoms with Crippen molar-refractivity contribution in [2.24, 2.45) is 0 Å². The van der Waals surface area contributed by atoms with Gasteiger partial charge in [-0.3, -0.25) is 0 Å². The number of carbonyl (C=O) groups excluding carboxylic acids is 1. The molecule has 0 unspecified atom stereocenters. The second-order valence-corrected chi connectivity index (χ2v) is 4.37. The summed E-state index contributed by atoms with van der Waals surface area (Å²) in [6.07, 6.45) is 1.29. The van der Waals surface area contributed by atoms with E-state index in [1.54, 1.807) is 30.3 Å². The van der Waals surface area contributed by atoms with Gasteiger partial charge in [-0.05, 0) is 30.3 Å². The van der Waals surface area contributed by atoms with Crippen LogP contribution in [0.25, 0.3) is 17.4 Å². The number of carboxylic acid groups (broad SMARTS) is 1. The van der Waals surface area contributed by atoms with Crippen molar-refractivity contribution in [1.29, 1.82) is 10.5 Å². The molecule has 0 spiro atoms. The Labute approximate surface area is 124 Å². The molecule has 6 heteroatoms. The highest BCUT2D eigenvalue weighted by Crippen LogP contribution is 2.27. The molecule has 0 saturated carbocycles. The van der Waals surface area contributed by atoms with Crippen molar-refractivity contribution in [3.05, 3.63) is 52.3 Å². The van der Waals surface area contributed by atoms with Crippen LogP contribution in [-0.4, -0.2) is 5.97 Å². The van der Waals surface area contributed by atoms with E-state index in [2.05, 4.69) is 0 Å². The molecule has 2 aromatic rings. The minimum absolute atomic E-state index is 0.0710. The lowest BCUT2D eigenvalue weighted by Gasteiger charge is -2.06. The average molecular weight is 298 g/mol. The predicted octanol–water partition coefficient (Wildman–Crippen LogP) is 2.39. The number of nitrogens with zero attached hydrogens (tertiary/aromatic N) is 2. The average Bonchev–Trinajstić information content (AvgIpc) is 2.93. The number of halogens is 1. The molecule has 0 aliphatic rings. The monoisotopic (exact) mass is 297 g/mol. The molecule has 0 aliphatic heterocycles. The number of rotatable bonds is 3. The second kappa shape index (κ2) is 5.96. The number of hydrogen-bond acceptors (Lipinski definition) is 5. The van der Waals surface area contributed by atoms with Crippen molar-refractivity contribution >= 4 is 23.6 Å². The molecule has 0 bridgehead atoms. The molecule has 1 aromatic carbocycles. The minimum atomic E-state index is -1.38. The molecule has 5 nitrogen and oxygen atoms in total. The van der Waals surface area contributed by atoms with Crippen LogP contribution in [0.1, 0.15) is 16.1 Å². The van der Waals surface area contributed by atoms with E-state index in [0.717, 1.165) is 0 Å². The zero-order valence-corrected chi connectivity index (χ0v) is 11.2. The summed E-state index contributed by atoms with van der Waals surface area (Å²) in [5.74, 6) is -0.687. The van der Waals surface area contributed by atoms with Crippen LogP contribution in [0.2, 0.25) is 5.02 Å². The van der Waals surface area contributed by atoms with Crippen LogP contribution in [0.15, 0.2) is 40.3 Å². The first-order valence-corrected chi connectivity index (χ1v) is 6.06. The van der Waals surface area contributed by atoms with Gasteiger partial charge in [0.25, 0.3) is 0 Å². The SMILES string of the molecule is N#CC(C#N)=Cc1ccc(-c2ccc(Cl)c(C(=O)[O-])c2)o1. The first-order chi connectivity index (χ1) is 10.0. The normalized spacial score (nSPS) is 9.48. The summed E-state index contributed by atoms with van der Waals surface area (Å²) in [6.45, 7) is 0. The third-order valence-corrected chi connectivity index (χ3v) is 2.95. The lowest BCUT2D eigenvalue weighted by atomic mass is 10.1. The van der Waals surface area contributed by atoms with Crippen molar-refractivity contribution in [2.45, 2.75) is 0 Å². The summed E-state index contributed by atoms with van der Waals surface area (Å²) in [5.41, 5.74) is 0.258. The molecule has 21 heavy (non-hydrogen) atoms. The summed E-state index contributed by atoms with van der Waals surface area (Å²) in [4.78, 5) is 10.9. The highest BCUT2D eigenvalue weighted by molar-refractivity contribution is 6.33. The van der Waals surface area contributed by atoms with Gasteiger partial charge in [0.05, 0.1) is 5.97 Å². The Bertz CT molecular complexity index is 806. The lowest BCUT2D eigenvalue weighted by molar-refractivity contribution is -0.255. The van der Waals surface area contributed by atoms with E-state index in [1.165, 1.54) is 18.2 Å². The van der Waals surface area contributed by atoms with E-state index in [1.807, 2.05) is 0 Å². The fraction of sp³-hybridized carbons (Fsp3) is 0. The van der Waals surface area contributed by atoms with Gasteiger partial charge in [0.1, 0.15) is 29.2 Å². The Morgan fingerprint density at radius 3 is 2.57 bits per heavy atom. The Hall–Kier alpha value is -3.02. The number of carboxylic acids is 1. The molecular formula is C15H6ClN2O3-. The predicted molar refractivity (Wildman–Crippen MR) is 72.7 cm³/mol. The third-order valence-electron chi connectivity index (χ3n) is 2.63. The number of aromatic carboxylic acids is 1.